The standard InChI is InChI=1S/C13H16N2O2S/c1-10(18-2)8-15-13(17)12-6-5-11(9-14-12)4-3-7-16/h5-6,9-10,16H,7-8H2,1-2H3,(H,15,17). The van der Waals surface area contributed by atoms with Crippen LogP contribution in [0.5, 0.6) is 0 Å². The number of hydrogen-bond donors (Lipinski definition) is 2. The highest BCUT2D eigenvalue weighted by Gasteiger charge is 2.07. The van der Waals surface area contributed by atoms with Crippen LogP contribution in [0, 0.1) is 11.8 Å². The van der Waals surface area contributed by atoms with Crippen molar-refractivity contribution in [1.82, 2.24) is 10.3 Å². The van der Waals surface area contributed by atoms with Gasteiger partial charge in [-0.1, -0.05) is 18.8 Å². The number of carbonyl (C=O) groups excluding carboxylic acids is 1. The van der Waals surface area contributed by atoms with E-state index in [4.69, 9.17) is 5.11 Å². The Morgan fingerprint density at radius 3 is 2.94 bits per heavy atom. The largest absolute Gasteiger partial charge is 0.384 e. The van der Waals surface area contributed by atoms with E-state index < -0.39 is 0 Å². The lowest BCUT2D eigenvalue weighted by molar-refractivity contribution is 0.0949. The summed E-state index contributed by atoms with van der Waals surface area (Å²) in [6.45, 7) is 2.48. The average Bonchev–Trinajstić information content (AvgIpc) is 2.42. The molecule has 0 saturated heterocycles. The molecule has 1 atom stereocenters. The summed E-state index contributed by atoms with van der Waals surface area (Å²) in [6, 6.07) is 3.34. The van der Waals surface area contributed by atoms with E-state index in [2.05, 4.69) is 22.1 Å². The third-order valence-corrected chi connectivity index (χ3v) is 3.23. The fraction of sp³-hybridized carbons (Fsp3) is 0.385. The molecule has 0 bridgehead atoms. The summed E-state index contributed by atoms with van der Waals surface area (Å²) < 4.78 is 0. The minimum atomic E-state index is -0.186. The van der Waals surface area contributed by atoms with Crippen molar-refractivity contribution in [3.8, 4) is 11.8 Å². The van der Waals surface area contributed by atoms with E-state index >= 15 is 0 Å². The molecule has 1 aromatic heterocycles. The van der Waals surface area contributed by atoms with Crippen LogP contribution in [-0.2, 0) is 0 Å². The summed E-state index contributed by atoms with van der Waals surface area (Å²) in [5.74, 6) is 5.06. The number of amides is 1. The van der Waals surface area contributed by atoms with Gasteiger partial charge in [0.2, 0.25) is 0 Å². The summed E-state index contributed by atoms with van der Waals surface area (Å²) in [5, 5.41) is 11.7. The van der Waals surface area contributed by atoms with Gasteiger partial charge in [0.05, 0.1) is 0 Å². The van der Waals surface area contributed by atoms with Crippen LogP contribution in [-0.4, -0.2) is 40.7 Å². The topological polar surface area (TPSA) is 62.2 Å². The van der Waals surface area contributed by atoms with E-state index in [1.165, 1.54) is 6.20 Å². The molecule has 0 spiro atoms. The first-order valence-corrected chi connectivity index (χ1v) is 6.83. The molecule has 96 valence electrons. The SMILES string of the molecule is CSC(C)CNC(=O)c1ccc(C#CCO)cn1. The number of pyridine rings is 1. The molecular weight excluding hydrogens is 248 g/mol. The molecule has 5 heteroatoms. The molecule has 1 aromatic rings. The van der Waals surface area contributed by atoms with Gasteiger partial charge in [-0.2, -0.15) is 11.8 Å². The van der Waals surface area contributed by atoms with Crippen molar-refractivity contribution < 1.29 is 9.90 Å². The quantitative estimate of drug-likeness (QED) is 0.793. The van der Waals surface area contributed by atoms with Gasteiger partial charge >= 0.3 is 0 Å². The molecule has 0 saturated carbocycles. The third-order valence-electron chi connectivity index (χ3n) is 2.26. The summed E-state index contributed by atoms with van der Waals surface area (Å²) in [7, 11) is 0. The van der Waals surface area contributed by atoms with E-state index in [0.29, 0.717) is 23.1 Å². The lowest BCUT2D eigenvalue weighted by Gasteiger charge is -2.09. The van der Waals surface area contributed by atoms with E-state index in [0.717, 1.165) is 0 Å². The second kappa shape index (κ2) is 7.75. The lowest BCUT2D eigenvalue weighted by Crippen LogP contribution is -2.29. The molecular formula is C13H16N2O2S. The third kappa shape index (κ3) is 4.78. The molecule has 0 aliphatic heterocycles. The van der Waals surface area contributed by atoms with Gasteiger partial charge in [-0.25, -0.2) is 4.98 Å². The second-order valence-corrected chi connectivity index (χ2v) is 4.92. The Bertz CT molecular complexity index is 448. The zero-order chi connectivity index (χ0) is 13.4. The van der Waals surface area contributed by atoms with Crippen LogP contribution in [0.15, 0.2) is 18.3 Å². The number of nitrogens with zero attached hydrogens (tertiary/aromatic N) is 1. The molecule has 0 fully saturated rings. The van der Waals surface area contributed by atoms with Gasteiger partial charge in [-0.3, -0.25) is 4.79 Å². The highest BCUT2D eigenvalue weighted by molar-refractivity contribution is 7.99. The summed E-state index contributed by atoms with van der Waals surface area (Å²) in [5.41, 5.74) is 1.05. The Morgan fingerprint density at radius 1 is 1.61 bits per heavy atom. The first-order valence-electron chi connectivity index (χ1n) is 5.54. The fourth-order valence-electron chi connectivity index (χ4n) is 1.15. The van der Waals surface area contributed by atoms with E-state index in [1.54, 1.807) is 23.9 Å². The van der Waals surface area contributed by atoms with Gasteiger partial charge in [-0.05, 0) is 18.4 Å². The first-order chi connectivity index (χ1) is 8.67. The van der Waals surface area contributed by atoms with Crippen LogP contribution >= 0.6 is 11.8 Å². The Morgan fingerprint density at radius 2 is 2.39 bits per heavy atom. The molecule has 0 aromatic carbocycles. The van der Waals surface area contributed by atoms with Crippen molar-refractivity contribution >= 4 is 17.7 Å². The van der Waals surface area contributed by atoms with Crippen LogP contribution in [0.2, 0.25) is 0 Å². The fourth-order valence-corrected chi connectivity index (χ4v) is 1.40. The number of aromatic nitrogens is 1. The molecule has 1 amide bonds. The van der Waals surface area contributed by atoms with Crippen LogP contribution in [0.25, 0.3) is 0 Å². The van der Waals surface area contributed by atoms with Crippen LogP contribution < -0.4 is 5.32 Å². The number of aliphatic hydroxyl groups excluding tert-OH is 1. The van der Waals surface area contributed by atoms with Crippen molar-refractivity contribution in [2.24, 2.45) is 0 Å². The molecule has 18 heavy (non-hydrogen) atoms. The molecule has 1 heterocycles. The van der Waals surface area contributed by atoms with Crippen LogP contribution in [0.3, 0.4) is 0 Å². The van der Waals surface area contributed by atoms with Gasteiger partial charge in [0.1, 0.15) is 12.3 Å². The molecule has 0 aliphatic rings. The zero-order valence-electron chi connectivity index (χ0n) is 10.4. The van der Waals surface area contributed by atoms with Gasteiger partial charge < -0.3 is 10.4 Å². The summed E-state index contributed by atoms with van der Waals surface area (Å²) >= 11 is 1.70. The van der Waals surface area contributed by atoms with Crippen molar-refractivity contribution in [1.29, 1.82) is 0 Å². The van der Waals surface area contributed by atoms with Crippen LogP contribution in [0.1, 0.15) is 23.0 Å². The Labute approximate surface area is 111 Å². The minimum Gasteiger partial charge on any atom is -0.384 e. The number of hydrogen-bond acceptors (Lipinski definition) is 4. The molecule has 0 aliphatic carbocycles. The minimum absolute atomic E-state index is 0.183. The van der Waals surface area contributed by atoms with E-state index in [-0.39, 0.29) is 12.5 Å². The lowest BCUT2D eigenvalue weighted by atomic mass is 10.2. The molecule has 4 nitrogen and oxygen atoms in total. The maximum Gasteiger partial charge on any atom is 0.269 e. The normalized spacial score (nSPS) is 11.3. The van der Waals surface area contributed by atoms with Gasteiger partial charge in [0, 0.05) is 23.6 Å². The van der Waals surface area contributed by atoms with Gasteiger partial charge in [-0.15, -0.1) is 0 Å². The first kappa shape index (κ1) is 14.6. The smallest absolute Gasteiger partial charge is 0.269 e. The molecule has 2 N–H and O–H groups in total. The van der Waals surface area contributed by atoms with Crippen molar-refractivity contribution in [3.63, 3.8) is 0 Å². The highest BCUT2D eigenvalue weighted by Crippen LogP contribution is 2.03. The van der Waals surface area contributed by atoms with Crippen LogP contribution in [0.4, 0.5) is 0 Å². The Kier molecular flexibility index (Phi) is 6.26. The number of thioether (sulfide) groups is 1. The molecule has 1 unspecified atom stereocenters. The maximum atomic E-state index is 11.7. The second-order valence-electron chi connectivity index (χ2n) is 3.65. The molecule has 0 radical (unpaired) electrons. The van der Waals surface area contributed by atoms with Crippen molar-refractivity contribution in [2.45, 2.75) is 12.2 Å². The average molecular weight is 264 g/mol. The van der Waals surface area contributed by atoms with Gasteiger partial charge in [0.15, 0.2) is 0 Å². The van der Waals surface area contributed by atoms with Crippen molar-refractivity contribution in [3.05, 3.63) is 29.6 Å². The van der Waals surface area contributed by atoms with Crippen molar-refractivity contribution in [2.75, 3.05) is 19.4 Å². The monoisotopic (exact) mass is 264 g/mol. The highest BCUT2D eigenvalue weighted by atomic mass is 32.2. The number of carbonyl (C=O) groups is 1. The number of nitrogens with one attached hydrogen (secondary N) is 1. The Hall–Kier alpha value is -1.51. The molecule has 1 rings (SSSR count). The maximum absolute atomic E-state index is 11.7. The zero-order valence-corrected chi connectivity index (χ0v) is 11.3. The van der Waals surface area contributed by atoms with E-state index in [1.807, 2.05) is 13.2 Å². The van der Waals surface area contributed by atoms with Gasteiger partial charge in [0.25, 0.3) is 5.91 Å². The Balaban J connectivity index is 2.59. The number of rotatable bonds is 4. The number of aliphatic hydroxyl groups is 1. The van der Waals surface area contributed by atoms with E-state index in [9.17, 15) is 4.79 Å². The predicted octanol–water partition coefficient (Wildman–Crippen LogP) is 0.907. The summed E-state index contributed by atoms with van der Waals surface area (Å²) in [4.78, 5) is 15.8. The predicted molar refractivity (Wildman–Crippen MR) is 73.5 cm³/mol. The summed E-state index contributed by atoms with van der Waals surface area (Å²) in [6.07, 6.45) is 3.53.